The van der Waals surface area contributed by atoms with E-state index in [1.165, 1.54) is 25.3 Å². The monoisotopic (exact) mass is 358 g/mol. The van der Waals surface area contributed by atoms with Crippen molar-refractivity contribution in [2.45, 2.75) is 5.62 Å². The van der Waals surface area contributed by atoms with E-state index in [0.717, 1.165) is 6.07 Å². The van der Waals surface area contributed by atoms with Gasteiger partial charge in [-0.3, -0.25) is 4.79 Å². The van der Waals surface area contributed by atoms with Gasteiger partial charge in [-0.25, -0.2) is 8.78 Å². The van der Waals surface area contributed by atoms with Crippen LogP contribution in [0.15, 0.2) is 24.3 Å². The molecule has 0 saturated carbocycles. The van der Waals surface area contributed by atoms with E-state index in [-0.39, 0.29) is 33.1 Å². The number of benzene rings is 2. The SMILES string of the molecule is COc1cccc(F)c1-c1c(Cl)cc2c(c1F)NC(Cl)NC2=O. The third kappa shape index (κ3) is 2.58. The van der Waals surface area contributed by atoms with Crippen molar-refractivity contribution in [2.24, 2.45) is 0 Å². The summed E-state index contributed by atoms with van der Waals surface area (Å²) >= 11 is 11.9. The van der Waals surface area contributed by atoms with Gasteiger partial charge in [0.25, 0.3) is 5.91 Å². The topological polar surface area (TPSA) is 50.4 Å². The number of alkyl halides is 1. The average Bonchev–Trinajstić information content (AvgIpc) is 2.50. The van der Waals surface area contributed by atoms with Gasteiger partial charge in [-0.2, -0.15) is 0 Å². The number of ether oxygens (including phenoxy) is 1. The van der Waals surface area contributed by atoms with Gasteiger partial charge in [0.05, 0.1) is 28.9 Å². The molecule has 2 aromatic carbocycles. The first-order valence-electron chi connectivity index (χ1n) is 6.50. The van der Waals surface area contributed by atoms with Gasteiger partial charge in [0.2, 0.25) is 0 Å². The zero-order chi connectivity index (χ0) is 16.7. The lowest BCUT2D eigenvalue weighted by atomic mass is 9.98. The Balaban J connectivity index is 2.31. The summed E-state index contributed by atoms with van der Waals surface area (Å²) in [7, 11) is 1.34. The summed E-state index contributed by atoms with van der Waals surface area (Å²) in [6.07, 6.45) is 0. The molecule has 0 radical (unpaired) electrons. The molecule has 3 rings (SSSR count). The quantitative estimate of drug-likeness (QED) is 0.630. The van der Waals surface area contributed by atoms with Crippen LogP contribution in [0.4, 0.5) is 14.5 Å². The van der Waals surface area contributed by atoms with E-state index < -0.39 is 23.2 Å². The number of amides is 1. The van der Waals surface area contributed by atoms with Gasteiger partial charge in [-0.15, -0.1) is 0 Å². The van der Waals surface area contributed by atoms with Gasteiger partial charge in [0.1, 0.15) is 11.6 Å². The molecule has 0 aromatic heterocycles. The maximum atomic E-state index is 14.9. The van der Waals surface area contributed by atoms with Crippen molar-refractivity contribution < 1.29 is 18.3 Å². The van der Waals surface area contributed by atoms with E-state index >= 15 is 0 Å². The third-order valence-corrected chi connectivity index (χ3v) is 3.95. The second-order valence-corrected chi connectivity index (χ2v) is 5.61. The molecule has 0 fully saturated rings. The molecule has 23 heavy (non-hydrogen) atoms. The lowest BCUT2D eigenvalue weighted by molar-refractivity contribution is 0.0947. The summed E-state index contributed by atoms with van der Waals surface area (Å²) in [6.45, 7) is 0. The van der Waals surface area contributed by atoms with Gasteiger partial charge in [-0.1, -0.05) is 29.3 Å². The molecule has 0 saturated heterocycles. The van der Waals surface area contributed by atoms with Crippen LogP contribution in [0.2, 0.25) is 5.02 Å². The molecular weight excluding hydrogens is 349 g/mol. The fourth-order valence-corrected chi connectivity index (χ4v) is 2.94. The van der Waals surface area contributed by atoms with Gasteiger partial charge in [0, 0.05) is 5.56 Å². The first kappa shape index (κ1) is 15.8. The van der Waals surface area contributed by atoms with Crippen molar-refractivity contribution in [2.75, 3.05) is 12.4 Å². The van der Waals surface area contributed by atoms with Crippen LogP contribution < -0.4 is 15.4 Å². The Hall–Kier alpha value is -2.05. The van der Waals surface area contributed by atoms with E-state index in [9.17, 15) is 13.6 Å². The largest absolute Gasteiger partial charge is 0.496 e. The maximum absolute atomic E-state index is 14.9. The molecule has 2 aromatic rings. The lowest BCUT2D eigenvalue weighted by Crippen LogP contribution is -2.41. The van der Waals surface area contributed by atoms with Crippen LogP contribution in [0.5, 0.6) is 5.75 Å². The minimum Gasteiger partial charge on any atom is -0.496 e. The highest BCUT2D eigenvalue weighted by Crippen LogP contribution is 2.43. The molecule has 120 valence electrons. The van der Waals surface area contributed by atoms with Crippen molar-refractivity contribution in [3.8, 4) is 16.9 Å². The maximum Gasteiger partial charge on any atom is 0.256 e. The summed E-state index contributed by atoms with van der Waals surface area (Å²) in [5.74, 6) is -2.04. The van der Waals surface area contributed by atoms with E-state index in [0.29, 0.717) is 0 Å². The number of rotatable bonds is 2. The number of anilines is 1. The summed E-state index contributed by atoms with van der Waals surface area (Å²) in [5.41, 5.74) is -1.46. The van der Waals surface area contributed by atoms with Crippen LogP contribution in [0.1, 0.15) is 10.4 Å². The molecule has 1 aliphatic heterocycles. The fourth-order valence-electron chi connectivity index (χ4n) is 2.44. The Bertz CT molecular complexity index is 815. The zero-order valence-electron chi connectivity index (χ0n) is 11.7. The van der Waals surface area contributed by atoms with Crippen LogP contribution in [0, 0.1) is 11.6 Å². The number of halogens is 4. The zero-order valence-corrected chi connectivity index (χ0v) is 13.2. The number of methoxy groups -OCH3 is 1. The van der Waals surface area contributed by atoms with Crippen LogP contribution in [-0.2, 0) is 0 Å². The second kappa shape index (κ2) is 5.86. The number of hydrogen-bond acceptors (Lipinski definition) is 3. The van der Waals surface area contributed by atoms with Crippen molar-refractivity contribution in [3.05, 3.63) is 46.5 Å². The summed E-state index contributed by atoms with van der Waals surface area (Å²) in [4.78, 5) is 11.9. The molecule has 1 aliphatic rings. The molecular formula is C15H10Cl2F2N2O2. The Morgan fingerprint density at radius 1 is 1.22 bits per heavy atom. The van der Waals surface area contributed by atoms with Crippen LogP contribution in [0.3, 0.4) is 0 Å². The Labute approximate surface area is 140 Å². The highest BCUT2D eigenvalue weighted by molar-refractivity contribution is 6.34. The predicted molar refractivity (Wildman–Crippen MR) is 84.1 cm³/mol. The van der Waals surface area contributed by atoms with Crippen molar-refractivity contribution >= 4 is 34.8 Å². The van der Waals surface area contributed by atoms with E-state index in [1.54, 1.807) is 0 Å². The van der Waals surface area contributed by atoms with Crippen LogP contribution in [-0.4, -0.2) is 18.6 Å². The van der Waals surface area contributed by atoms with Crippen LogP contribution >= 0.6 is 23.2 Å². The minimum absolute atomic E-state index is 0.0107. The molecule has 1 unspecified atom stereocenters. The summed E-state index contributed by atoms with van der Waals surface area (Å²) in [6, 6.07) is 5.34. The Kier molecular flexibility index (Phi) is 4.04. The molecule has 0 spiro atoms. The van der Waals surface area contributed by atoms with Crippen molar-refractivity contribution in [1.82, 2.24) is 5.32 Å². The first-order chi connectivity index (χ1) is 10.9. The fraction of sp³-hybridized carbons (Fsp3) is 0.133. The van der Waals surface area contributed by atoms with Gasteiger partial charge < -0.3 is 15.4 Å². The van der Waals surface area contributed by atoms with Crippen molar-refractivity contribution in [3.63, 3.8) is 0 Å². The lowest BCUT2D eigenvalue weighted by Gasteiger charge is -2.25. The molecule has 0 aliphatic carbocycles. The van der Waals surface area contributed by atoms with E-state index in [2.05, 4.69) is 10.6 Å². The van der Waals surface area contributed by atoms with Crippen LogP contribution in [0.25, 0.3) is 11.1 Å². The normalized spacial score (nSPS) is 16.4. The summed E-state index contributed by atoms with van der Waals surface area (Å²) in [5, 5.41) is 4.85. The number of fused-ring (bicyclic) bond motifs is 1. The molecule has 4 nitrogen and oxygen atoms in total. The number of carbonyl (C=O) groups excluding carboxylic acids is 1. The molecule has 1 atom stereocenters. The third-order valence-electron chi connectivity index (χ3n) is 3.44. The second-order valence-electron chi connectivity index (χ2n) is 4.77. The molecule has 2 N–H and O–H groups in total. The summed E-state index contributed by atoms with van der Waals surface area (Å²) < 4.78 is 34.3. The predicted octanol–water partition coefficient (Wildman–Crippen LogP) is 3.97. The van der Waals surface area contributed by atoms with Gasteiger partial charge in [0.15, 0.2) is 11.4 Å². The molecule has 0 bridgehead atoms. The highest BCUT2D eigenvalue weighted by Gasteiger charge is 2.30. The number of carbonyl (C=O) groups is 1. The number of hydrogen-bond donors (Lipinski definition) is 2. The highest BCUT2D eigenvalue weighted by atomic mass is 35.5. The Morgan fingerprint density at radius 2 is 1.96 bits per heavy atom. The van der Waals surface area contributed by atoms with Gasteiger partial charge in [-0.05, 0) is 18.2 Å². The minimum atomic E-state index is -0.985. The molecule has 1 amide bonds. The average molecular weight is 359 g/mol. The van der Waals surface area contributed by atoms with Crippen molar-refractivity contribution in [1.29, 1.82) is 0 Å². The number of nitrogens with one attached hydrogen (secondary N) is 2. The van der Waals surface area contributed by atoms with E-state index in [4.69, 9.17) is 27.9 Å². The standard InChI is InChI=1S/C15H10Cl2F2N2O2/c1-23-9-4-2-3-8(18)11(9)10-7(16)5-6-13(12(10)19)20-15(17)21-14(6)22/h2-5,15,20H,1H3,(H,21,22). The molecule has 1 heterocycles. The first-order valence-corrected chi connectivity index (χ1v) is 7.31. The smallest absolute Gasteiger partial charge is 0.256 e. The van der Waals surface area contributed by atoms with Gasteiger partial charge >= 0.3 is 0 Å². The van der Waals surface area contributed by atoms with E-state index in [1.807, 2.05) is 0 Å². The molecule has 8 heteroatoms. The Morgan fingerprint density at radius 3 is 2.65 bits per heavy atom.